The number of carbonyl (C=O) groups is 2. The monoisotopic (exact) mass is 393 g/mol. The summed E-state index contributed by atoms with van der Waals surface area (Å²) in [5.74, 6) is -0.650. The highest BCUT2D eigenvalue weighted by Gasteiger charge is 2.09. The van der Waals surface area contributed by atoms with Gasteiger partial charge in [0, 0.05) is 23.7 Å². The third-order valence-corrected chi connectivity index (χ3v) is 5.32. The number of nitrogens with zero attached hydrogens (tertiary/aromatic N) is 2. The fourth-order valence-corrected chi connectivity index (χ4v) is 3.43. The molecule has 144 valence electrons. The highest BCUT2D eigenvalue weighted by Crippen LogP contribution is 2.09. The number of benzene rings is 2. The Kier molecular flexibility index (Phi) is 6.21. The van der Waals surface area contributed by atoms with Gasteiger partial charge in [0.1, 0.15) is 0 Å². The number of hydrogen-bond donors (Lipinski definition) is 1. The van der Waals surface area contributed by atoms with Crippen molar-refractivity contribution in [2.45, 2.75) is 27.3 Å². The fraction of sp³-hybridized carbons (Fsp3) is 0.227. The second kappa shape index (κ2) is 8.80. The van der Waals surface area contributed by atoms with E-state index in [2.05, 4.69) is 34.6 Å². The summed E-state index contributed by atoms with van der Waals surface area (Å²) in [4.78, 5) is 29.2. The van der Waals surface area contributed by atoms with Gasteiger partial charge in [0.25, 0.3) is 11.8 Å². The van der Waals surface area contributed by atoms with E-state index in [4.69, 9.17) is 0 Å². The maximum atomic E-state index is 12.2. The number of hydrogen-bond acceptors (Lipinski definition) is 3. The maximum absolute atomic E-state index is 12.2. The number of carbonyl (C=O) groups excluding carboxylic acids is 2. The molecule has 0 fully saturated rings. The molecule has 2 aromatic carbocycles. The Hall–Kier alpha value is -2.99. The zero-order chi connectivity index (χ0) is 20.1. The standard InChI is InChI=1S/C22H23N3O2S/c1-15-4-7-18(8-5-15)14-25-10-11-28-22(25)24-20(26)13-23-21(27)19-9-6-16(2)17(3)12-19/h4-12H,13-14H2,1-3H3,(H,23,27). The second-order valence-electron chi connectivity index (χ2n) is 6.79. The fourth-order valence-electron chi connectivity index (χ4n) is 2.68. The number of nitrogens with one attached hydrogen (secondary N) is 1. The van der Waals surface area contributed by atoms with Crippen molar-refractivity contribution in [3.63, 3.8) is 0 Å². The van der Waals surface area contributed by atoms with Gasteiger partial charge in [0.05, 0.1) is 6.54 Å². The van der Waals surface area contributed by atoms with Crippen LogP contribution in [0.4, 0.5) is 0 Å². The van der Waals surface area contributed by atoms with Crippen LogP contribution in [0.1, 0.15) is 32.6 Å². The summed E-state index contributed by atoms with van der Waals surface area (Å²) < 4.78 is 1.93. The van der Waals surface area contributed by atoms with Crippen molar-refractivity contribution >= 4 is 23.2 Å². The van der Waals surface area contributed by atoms with Gasteiger partial charge in [-0.1, -0.05) is 35.9 Å². The van der Waals surface area contributed by atoms with Crippen LogP contribution in [0.2, 0.25) is 0 Å². The van der Waals surface area contributed by atoms with Crippen molar-refractivity contribution in [3.05, 3.63) is 86.7 Å². The molecule has 1 aromatic heterocycles. The van der Waals surface area contributed by atoms with Crippen molar-refractivity contribution in [3.8, 4) is 0 Å². The van der Waals surface area contributed by atoms with E-state index in [0.29, 0.717) is 16.9 Å². The molecule has 5 nitrogen and oxygen atoms in total. The largest absolute Gasteiger partial charge is 0.343 e. The van der Waals surface area contributed by atoms with E-state index in [1.807, 2.05) is 49.0 Å². The summed E-state index contributed by atoms with van der Waals surface area (Å²) >= 11 is 1.40. The van der Waals surface area contributed by atoms with Gasteiger partial charge >= 0.3 is 0 Å². The Morgan fingerprint density at radius 2 is 1.79 bits per heavy atom. The van der Waals surface area contributed by atoms with E-state index < -0.39 is 0 Å². The van der Waals surface area contributed by atoms with E-state index in [1.54, 1.807) is 6.07 Å². The smallest absolute Gasteiger partial charge is 0.267 e. The van der Waals surface area contributed by atoms with Gasteiger partial charge in [-0.3, -0.25) is 9.59 Å². The molecular formula is C22H23N3O2S. The summed E-state index contributed by atoms with van der Waals surface area (Å²) in [7, 11) is 0. The lowest BCUT2D eigenvalue weighted by Gasteiger charge is -2.06. The lowest BCUT2D eigenvalue weighted by Crippen LogP contribution is -2.30. The van der Waals surface area contributed by atoms with Crippen LogP contribution in [-0.2, 0) is 11.3 Å². The molecule has 28 heavy (non-hydrogen) atoms. The highest BCUT2D eigenvalue weighted by atomic mass is 32.1. The third kappa shape index (κ3) is 5.04. The Bertz CT molecular complexity index is 1060. The van der Waals surface area contributed by atoms with Gasteiger partial charge in [0.15, 0.2) is 4.80 Å². The maximum Gasteiger partial charge on any atom is 0.267 e. The first-order valence-corrected chi connectivity index (χ1v) is 9.93. The van der Waals surface area contributed by atoms with E-state index >= 15 is 0 Å². The molecule has 0 aliphatic rings. The summed E-state index contributed by atoms with van der Waals surface area (Å²) in [5, 5.41) is 4.54. The quantitative estimate of drug-likeness (QED) is 0.722. The lowest BCUT2D eigenvalue weighted by molar-refractivity contribution is -0.117. The minimum Gasteiger partial charge on any atom is -0.343 e. The number of thiazole rings is 1. The molecule has 0 spiro atoms. The molecule has 3 rings (SSSR count). The Morgan fingerprint density at radius 3 is 2.50 bits per heavy atom. The molecule has 0 bridgehead atoms. The van der Waals surface area contributed by atoms with Crippen molar-refractivity contribution in [2.24, 2.45) is 4.99 Å². The van der Waals surface area contributed by atoms with Gasteiger partial charge in [0.2, 0.25) is 0 Å². The van der Waals surface area contributed by atoms with Crippen LogP contribution < -0.4 is 10.1 Å². The number of amides is 2. The summed E-state index contributed by atoms with van der Waals surface area (Å²) in [6, 6.07) is 13.7. The van der Waals surface area contributed by atoms with Crippen molar-refractivity contribution in [1.82, 2.24) is 9.88 Å². The molecule has 0 aliphatic heterocycles. The molecule has 0 saturated carbocycles. The zero-order valence-corrected chi connectivity index (χ0v) is 17.0. The minimum atomic E-state index is -0.378. The van der Waals surface area contributed by atoms with Crippen LogP contribution in [0.25, 0.3) is 0 Å². The van der Waals surface area contributed by atoms with Gasteiger partial charge in [-0.05, 0) is 49.6 Å². The van der Waals surface area contributed by atoms with Crippen molar-refractivity contribution < 1.29 is 9.59 Å². The van der Waals surface area contributed by atoms with Gasteiger partial charge in [-0.25, -0.2) is 0 Å². The number of rotatable bonds is 5. The molecule has 0 aliphatic carbocycles. The summed E-state index contributed by atoms with van der Waals surface area (Å²) in [6.45, 7) is 6.51. The van der Waals surface area contributed by atoms with Crippen molar-refractivity contribution in [1.29, 1.82) is 0 Å². The minimum absolute atomic E-state index is 0.131. The van der Waals surface area contributed by atoms with Crippen molar-refractivity contribution in [2.75, 3.05) is 6.54 Å². The second-order valence-corrected chi connectivity index (χ2v) is 7.66. The van der Waals surface area contributed by atoms with E-state index in [1.165, 1.54) is 16.9 Å². The highest BCUT2D eigenvalue weighted by molar-refractivity contribution is 7.07. The molecule has 0 radical (unpaired) electrons. The lowest BCUT2D eigenvalue weighted by atomic mass is 10.1. The number of aromatic nitrogens is 1. The van der Waals surface area contributed by atoms with Crippen LogP contribution >= 0.6 is 11.3 Å². The molecule has 2 amide bonds. The SMILES string of the molecule is Cc1ccc(Cn2ccsc2=NC(=O)CNC(=O)c2ccc(C)c(C)c2)cc1. The molecule has 0 atom stereocenters. The first-order valence-electron chi connectivity index (χ1n) is 9.05. The topological polar surface area (TPSA) is 63.5 Å². The van der Waals surface area contributed by atoms with Crippen LogP contribution in [0.3, 0.4) is 0 Å². The summed E-state index contributed by atoms with van der Waals surface area (Å²) in [5.41, 5.74) is 5.05. The molecule has 3 aromatic rings. The van der Waals surface area contributed by atoms with Gasteiger partial charge < -0.3 is 9.88 Å². The van der Waals surface area contributed by atoms with Gasteiger partial charge in [-0.2, -0.15) is 4.99 Å². The Balaban J connectivity index is 1.65. The average Bonchev–Trinajstić information content (AvgIpc) is 3.10. The summed E-state index contributed by atoms with van der Waals surface area (Å²) in [6.07, 6.45) is 1.91. The molecular weight excluding hydrogens is 370 g/mol. The predicted molar refractivity (Wildman–Crippen MR) is 111 cm³/mol. The van der Waals surface area contributed by atoms with E-state index in [9.17, 15) is 9.59 Å². The van der Waals surface area contributed by atoms with E-state index in [0.717, 1.165) is 16.7 Å². The molecule has 1 N–H and O–H groups in total. The van der Waals surface area contributed by atoms with Crippen LogP contribution in [0.5, 0.6) is 0 Å². The molecule has 1 heterocycles. The molecule has 0 unspecified atom stereocenters. The van der Waals surface area contributed by atoms with E-state index in [-0.39, 0.29) is 18.4 Å². The van der Waals surface area contributed by atoms with Gasteiger partial charge in [-0.15, -0.1) is 11.3 Å². The average molecular weight is 394 g/mol. The first-order chi connectivity index (χ1) is 13.4. The number of aryl methyl sites for hydroxylation is 3. The first kappa shape index (κ1) is 19.8. The molecule has 6 heteroatoms. The third-order valence-electron chi connectivity index (χ3n) is 4.52. The zero-order valence-electron chi connectivity index (χ0n) is 16.2. The molecule has 0 saturated heterocycles. The van der Waals surface area contributed by atoms with Crippen LogP contribution in [-0.4, -0.2) is 22.9 Å². The Morgan fingerprint density at radius 1 is 1.04 bits per heavy atom. The van der Waals surface area contributed by atoms with Crippen LogP contribution in [0, 0.1) is 20.8 Å². The predicted octanol–water partition coefficient (Wildman–Crippen LogP) is 3.38. The normalized spacial score (nSPS) is 11.5. The Labute approximate surface area is 168 Å². The van der Waals surface area contributed by atoms with Crippen LogP contribution in [0.15, 0.2) is 59.0 Å².